The number of likely N-dealkylation sites (tertiary alicyclic amines) is 1. The molecule has 1 amide bonds. The van der Waals surface area contributed by atoms with Gasteiger partial charge in [0.25, 0.3) is 0 Å². The molecule has 0 spiro atoms. The Kier molecular flexibility index (Phi) is 5.85. The number of thiocarbonyl (C=S) groups is 1. The van der Waals surface area contributed by atoms with Gasteiger partial charge in [-0.05, 0) is 31.7 Å². The molecule has 0 aromatic heterocycles. The zero-order valence-electron chi connectivity index (χ0n) is 10.7. The topological polar surface area (TPSA) is 58.4 Å². The molecule has 1 aliphatic heterocycles. The van der Waals surface area contributed by atoms with Crippen LogP contribution in [0.25, 0.3) is 0 Å². The SMILES string of the molecule is CC(C)CCNC(=O)CN1CCCC1C(N)=S. The van der Waals surface area contributed by atoms with Gasteiger partial charge >= 0.3 is 0 Å². The van der Waals surface area contributed by atoms with Crippen LogP contribution in [0.2, 0.25) is 0 Å². The van der Waals surface area contributed by atoms with Crippen molar-refractivity contribution in [3.05, 3.63) is 0 Å². The van der Waals surface area contributed by atoms with Gasteiger partial charge in [0, 0.05) is 6.54 Å². The third kappa shape index (κ3) is 5.00. The summed E-state index contributed by atoms with van der Waals surface area (Å²) in [6, 6.07) is 0.112. The third-order valence-electron chi connectivity index (χ3n) is 3.08. The maximum absolute atomic E-state index is 11.7. The van der Waals surface area contributed by atoms with Gasteiger partial charge in [-0.2, -0.15) is 0 Å². The Morgan fingerprint density at radius 1 is 1.59 bits per heavy atom. The number of amides is 1. The van der Waals surface area contributed by atoms with Crippen LogP contribution in [0.15, 0.2) is 0 Å². The summed E-state index contributed by atoms with van der Waals surface area (Å²) < 4.78 is 0. The molecule has 0 aliphatic carbocycles. The third-order valence-corrected chi connectivity index (χ3v) is 3.35. The van der Waals surface area contributed by atoms with E-state index in [-0.39, 0.29) is 11.9 Å². The second-order valence-corrected chi connectivity index (χ2v) is 5.53. The van der Waals surface area contributed by atoms with Gasteiger partial charge in [0.05, 0.1) is 17.6 Å². The first-order valence-electron chi connectivity index (χ1n) is 6.30. The number of carbonyl (C=O) groups is 1. The minimum atomic E-state index is 0.0776. The van der Waals surface area contributed by atoms with Crippen LogP contribution in [0.4, 0.5) is 0 Å². The number of hydrogen-bond donors (Lipinski definition) is 2. The predicted molar refractivity (Wildman–Crippen MR) is 73.8 cm³/mol. The molecule has 0 aromatic rings. The lowest BCUT2D eigenvalue weighted by atomic mass is 10.1. The summed E-state index contributed by atoms with van der Waals surface area (Å²) in [4.78, 5) is 14.3. The average molecular weight is 257 g/mol. The molecule has 0 radical (unpaired) electrons. The first-order chi connectivity index (χ1) is 8.00. The van der Waals surface area contributed by atoms with Crippen molar-refractivity contribution in [1.82, 2.24) is 10.2 Å². The molecule has 1 fully saturated rings. The van der Waals surface area contributed by atoms with E-state index in [0.29, 0.717) is 17.5 Å². The molecule has 1 heterocycles. The molecule has 1 rings (SSSR count). The predicted octanol–water partition coefficient (Wildman–Crippen LogP) is 0.899. The van der Waals surface area contributed by atoms with Crippen molar-refractivity contribution in [3.63, 3.8) is 0 Å². The summed E-state index contributed by atoms with van der Waals surface area (Å²) in [5, 5.41) is 2.94. The molecule has 1 atom stereocenters. The highest BCUT2D eigenvalue weighted by molar-refractivity contribution is 7.80. The van der Waals surface area contributed by atoms with E-state index in [9.17, 15) is 4.79 Å². The zero-order chi connectivity index (χ0) is 12.8. The summed E-state index contributed by atoms with van der Waals surface area (Å²) >= 11 is 5.01. The molecular weight excluding hydrogens is 234 g/mol. The Balaban J connectivity index is 2.28. The van der Waals surface area contributed by atoms with Gasteiger partial charge in [-0.1, -0.05) is 26.1 Å². The largest absolute Gasteiger partial charge is 0.392 e. The molecule has 1 unspecified atom stereocenters. The summed E-state index contributed by atoms with van der Waals surface area (Å²) in [5.41, 5.74) is 5.66. The fourth-order valence-corrected chi connectivity index (χ4v) is 2.35. The molecule has 0 saturated carbocycles. The molecule has 4 nitrogen and oxygen atoms in total. The molecule has 1 aliphatic rings. The molecule has 1 saturated heterocycles. The van der Waals surface area contributed by atoms with Gasteiger partial charge in [0.15, 0.2) is 0 Å². The Bertz CT molecular complexity index is 281. The number of nitrogens with zero attached hydrogens (tertiary/aromatic N) is 1. The van der Waals surface area contributed by atoms with Crippen molar-refractivity contribution < 1.29 is 4.79 Å². The standard InChI is InChI=1S/C12H23N3OS/c1-9(2)5-6-14-11(16)8-15-7-3-4-10(15)12(13)17/h9-10H,3-8H2,1-2H3,(H2,13,17)(H,14,16). The van der Waals surface area contributed by atoms with Crippen molar-refractivity contribution in [3.8, 4) is 0 Å². The highest BCUT2D eigenvalue weighted by atomic mass is 32.1. The van der Waals surface area contributed by atoms with Crippen molar-refractivity contribution in [2.45, 2.75) is 39.2 Å². The molecule has 0 bridgehead atoms. The quantitative estimate of drug-likeness (QED) is 0.694. The maximum atomic E-state index is 11.7. The molecule has 0 aromatic carbocycles. The smallest absolute Gasteiger partial charge is 0.234 e. The minimum Gasteiger partial charge on any atom is -0.392 e. The van der Waals surface area contributed by atoms with Gasteiger partial charge in [0.2, 0.25) is 5.91 Å². The first-order valence-corrected chi connectivity index (χ1v) is 6.71. The highest BCUT2D eigenvalue weighted by Crippen LogP contribution is 2.16. The van der Waals surface area contributed by atoms with Gasteiger partial charge in [-0.15, -0.1) is 0 Å². The molecule has 5 heteroatoms. The molecule has 3 N–H and O–H groups in total. The fourth-order valence-electron chi connectivity index (χ4n) is 2.08. The van der Waals surface area contributed by atoms with Gasteiger partial charge in [0.1, 0.15) is 0 Å². The maximum Gasteiger partial charge on any atom is 0.234 e. The van der Waals surface area contributed by atoms with E-state index in [2.05, 4.69) is 24.1 Å². The average Bonchev–Trinajstić information content (AvgIpc) is 2.65. The van der Waals surface area contributed by atoms with Crippen molar-refractivity contribution in [1.29, 1.82) is 0 Å². The van der Waals surface area contributed by atoms with Crippen LogP contribution in [0, 0.1) is 5.92 Å². The Morgan fingerprint density at radius 3 is 2.88 bits per heavy atom. The van der Waals surface area contributed by atoms with Gasteiger partial charge in [-0.25, -0.2) is 0 Å². The lowest BCUT2D eigenvalue weighted by Crippen LogP contribution is -2.44. The summed E-state index contributed by atoms with van der Waals surface area (Å²) in [5.74, 6) is 0.695. The Labute approximate surface area is 109 Å². The van der Waals surface area contributed by atoms with E-state index >= 15 is 0 Å². The summed E-state index contributed by atoms with van der Waals surface area (Å²) in [7, 11) is 0. The Hall–Kier alpha value is -0.680. The van der Waals surface area contributed by atoms with Crippen LogP contribution in [0.5, 0.6) is 0 Å². The summed E-state index contributed by atoms with van der Waals surface area (Å²) in [6.07, 6.45) is 3.07. The van der Waals surface area contributed by atoms with Crippen molar-refractivity contribution in [2.24, 2.45) is 11.7 Å². The lowest BCUT2D eigenvalue weighted by molar-refractivity contribution is -0.122. The van der Waals surface area contributed by atoms with E-state index in [1.807, 2.05) is 0 Å². The van der Waals surface area contributed by atoms with E-state index in [1.54, 1.807) is 0 Å². The second-order valence-electron chi connectivity index (χ2n) is 5.06. The highest BCUT2D eigenvalue weighted by Gasteiger charge is 2.27. The molecular formula is C12H23N3OS. The number of rotatable bonds is 6. The van der Waals surface area contributed by atoms with Crippen LogP contribution >= 0.6 is 12.2 Å². The zero-order valence-corrected chi connectivity index (χ0v) is 11.6. The second kappa shape index (κ2) is 6.91. The van der Waals surface area contributed by atoms with E-state index in [1.165, 1.54) is 0 Å². The van der Waals surface area contributed by atoms with Crippen LogP contribution in [0.1, 0.15) is 33.1 Å². The van der Waals surface area contributed by atoms with Crippen LogP contribution in [-0.2, 0) is 4.79 Å². The van der Waals surface area contributed by atoms with Gasteiger partial charge in [-0.3, -0.25) is 9.69 Å². The fraction of sp³-hybridized carbons (Fsp3) is 0.833. The monoisotopic (exact) mass is 257 g/mol. The van der Waals surface area contributed by atoms with E-state index in [0.717, 1.165) is 32.4 Å². The van der Waals surface area contributed by atoms with Crippen molar-refractivity contribution in [2.75, 3.05) is 19.6 Å². The molecule has 17 heavy (non-hydrogen) atoms. The lowest BCUT2D eigenvalue weighted by Gasteiger charge is -2.22. The first kappa shape index (κ1) is 14.4. The van der Waals surface area contributed by atoms with Crippen LogP contribution in [0.3, 0.4) is 0 Å². The van der Waals surface area contributed by atoms with Crippen LogP contribution in [-0.4, -0.2) is 41.5 Å². The Morgan fingerprint density at radius 2 is 2.29 bits per heavy atom. The number of carbonyl (C=O) groups excluding carboxylic acids is 1. The van der Waals surface area contributed by atoms with E-state index in [4.69, 9.17) is 18.0 Å². The van der Waals surface area contributed by atoms with Crippen molar-refractivity contribution >= 4 is 23.1 Å². The number of nitrogens with two attached hydrogens (primary N) is 1. The number of hydrogen-bond acceptors (Lipinski definition) is 3. The molecule has 98 valence electrons. The van der Waals surface area contributed by atoms with Crippen LogP contribution < -0.4 is 11.1 Å². The van der Waals surface area contributed by atoms with E-state index < -0.39 is 0 Å². The number of nitrogens with one attached hydrogen (secondary N) is 1. The van der Waals surface area contributed by atoms with Gasteiger partial charge < -0.3 is 11.1 Å². The summed E-state index contributed by atoms with van der Waals surface area (Å²) in [6.45, 7) is 6.38. The normalized spacial score (nSPS) is 20.8. The minimum absolute atomic E-state index is 0.0776.